The van der Waals surface area contributed by atoms with Gasteiger partial charge in [-0.3, -0.25) is 23.9 Å². The third-order valence-electron chi connectivity index (χ3n) is 7.22. The Kier molecular flexibility index (Phi) is 7.22. The van der Waals surface area contributed by atoms with Crippen molar-refractivity contribution in [2.24, 2.45) is 7.05 Å². The number of ether oxygens (including phenoxy) is 2. The van der Waals surface area contributed by atoms with Crippen LogP contribution in [-0.4, -0.2) is 29.5 Å². The normalized spacial score (nSPS) is 13.0. The number of benzene rings is 3. The predicted octanol–water partition coefficient (Wildman–Crippen LogP) is 4.58. The van der Waals surface area contributed by atoms with E-state index in [-0.39, 0.29) is 41.8 Å². The molecule has 0 spiro atoms. The third kappa shape index (κ3) is 4.89. The molecule has 2 heterocycles. The van der Waals surface area contributed by atoms with Crippen molar-refractivity contribution in [3.05, 3.63) is 109 Å². The van der Waals surface area contributed by atoms with E-state index >= 15 is 0 Å². The number of non-ortho nitro benzene ring substituents is 1. The van der Waals surface area contributed by atoms with Gasteiger partial charge in [0.25, 0.3) is 21.3 Å². The number of aromatic nitrogens is 2. The molecule has 1 aliphatic rings. The van der Waals surface area contributed by atoms with Crippen molar-refractivity contribution in [3.63, 3.8) is 0 Å². The van der Waals surface area contributed by atoms with Gasteiger partial charge >= 0.3 is 0 Å². The van der Waals surface area contributed by atoms with E-state index in [1.807, 2.05) is 13.0 Å². The van der Waals surface area contributed by atoms with Gasteiger partial charge in [-0.25, -0.2) is 13.1 Å². The molecule has 0 unspecified atom stereocenters. The summed E-state index contributed by atoms with van der Waals surface area (Å²) in [6.45, 7) is 6.56. The number of nitro benzene ring substituents is 1. The maximum Gasteiger partial charge on any atom is 0.296 e. The molecular formula is C29H30N4O7S. The summed E-state index contributed by atoms with van der Waals surface area (Å²) >= 11 is 0. The summed E-state index contributed by atoms with van der Waals surface area (Å²) in [5.41, 5.74) is 2.72. The van der Waals surface area contributed by atoms with Crippen molar-refractivity contribution < 1.29 is 22.8 Å². The lowest BCUT2D eigenvalue weighted by Gasteiger charge is -2.27. The number of nitro groups is 1. The second-order valence-electron chi connectivity index (χ2n) is 10.1. The molecule has 214 valence electrons. The van der Waals surface area contributed by atoms with Crippen LogP contribution in [-0.2, 0) is 35.0 Å². The Morgan fingerprint density at radius 2 is 1.68 bits per heavy atom. The van der Waals surface area contributed by atoms with E-state index in [0.29, 0.717) is 33.8 Å². The minimum atomic E-state index is -4.37. The molecule has 12 heteroatoms. The molecule has 0 amide bonds. The molecule has 11 nitrogen and oxygen atoms in total. The standard InChI is InChI=1S/C29H30N4O7S/c1-18-11-19(2)28(20(3)12-18)41(37,38)31(15-22-13-25(33(35)36)14-23-16-39-17-40-27(22)23)26-21(4)30(5)32(29(26)34)24-9-7-6-8-10-24/h6-14H,15-17H2,1-5H3. The zero-order chi connectivity index (χ0) is 29.6. The molecular weight excluding hydrogens is 548 g/mol. The van der Waals surface area contributed by atoms with Crippen molar-refractivity contribution in [2.45, 2.75) is 45.7 Å². The fourth-order valence-corrected chi connectivity index (χ4v) is 7.38. The van der Waals surface area contributed by atoms with Crippen molar-refractivity contribution in [2.75, 3.05) is 11.1 Å². The van der Waals surface area contributed by atoms with E-state index in [4.69, 9.17) is 9.47 Å². The topological polar surface area (TPSA) is 126 Å². The smallest absolute Gasteiger partial charge is 0.296 e. The first-order chi connectivity index (χ1) is 19.4. The Labute approximate surface area is 237 Å². The van der Waals surface area contributed by atoms with E-state index in [1.54, 1.807) is 68.9 Å². The van der Waals surface area contributed by atoms with Crippen LogP contribution in [0.25, 0.3) is 5.69 Å². The molecule has 4 aromatic rings. The zero-order valence-corrected chi connectivity index (χ0v) is 24.2. The Bertz CT molecular complexity index is 1820. The number of sulfonamides is 1. The van der Waals surface area contributed by atoms with E-state index < -0.39 is 20.5 Å². The maximum absolute atomic E-state index is 14.6. The highest BCUT2D eigenvalue weighted by atomic mass is 32.2. The summed E-state index contributed by atoms with van der Waals surface area (Å²) in [7, 11) is -2.69. The van der Waals surface area contributed by atoms with Crippen LogP contribution in [0, 0.1) is 37.8 Å². The van der Waals surface area contributed by atoms with E-state index in [1.165, 1.54) is 16.8 Å². The quantitative estimate of drug-likeness (QED) is 0.232. The first-order valence-corrected chi connectivity index (χ1v) is 14.3. The molecule has 1 aromatic heterocycles. The second kappa shape index (κ2) is 10.5. The Hall–Kier alpha value is -4.42. The van der Waals surface area contributed by atoms with Gasteiger partial charge in [0.2, 0.25) is 0 Å². The van der Waals surface area contributed by atoms with E-state index in [0.717, 1.165) is 9.87 Å². The van der Waals surface area contributed by atoms with Crippen molar-refractivity contribution in [1.82, 2.24) is 9.36 Å². The molecule has 5 rings (SSSR count). The molecule has 0 aliphatic carbocycles. The Balaban J connectivity index is 1.80. The van der Waals surface area contributed by atoms with Gasteiger partial charge in [0, 0.05) is 30.3 Å². The number of hydrogen-bond donors (Lipinski definition) is 0. The molecule has 0 saturated carbocycles. The monoisotopic (exact) mass is 578 g/mol. The van der Waals surface area contributed by atoms with Crippen molar-refractivity contribution in [3.8, 4) is 11.4 Å². The third-order valence-corrected chi connectivity index (χ3v) is 9.27. The van der Waals surface area contributed by atoms with Crippen LogP contribution in [0.15, 0.2) is 64.3 Å². The largest absolute Gasteiger partial charge is 0.467 e. The molecule has 0 fully saturated rings. The minimum absolute atomic E-state index is 0.0666. The number of aryl methyl sites for hydroxylation is 3. The van der Waals surface area contributed by atoms with Gasteiger partial charge in [0.1, 0.15) is 11.4 Å². The molecule has 0 atom stereocenters. The van der Waals surface area contributed by atoms with Gasteiger partial charge in [0.15, 0.2) is 6.79 Å². The molecule has 3 aromatic carbocycles. The summed E-state index contributed by atoms with van der Waals surface area (Å²) in [5, 5.41) is 11.8. The summed E-state index contributed by atoms with van der Waals surface area (Å²) in [6.07, 6.45) is 0. The SMILES string of the molecule is Cc1cc(C)c(S(=O)(=O)N(Cc2cc([N+](=O)[O-])cc3c2OCOC3)c2c(C)n(C)n(-c3ccccc3)c2=O)c(C)c1. The van der Waals surface area contributed by atoms with Gasteiger partial charge in [-0.2, -0.15) is 0 Å². The van der Waals surface area contributed by atoms with Gasteiger partial charge in [-0.05, 0) is 51.0 Å². The molecule has 0 N–H and O–H groups in total. The molecule has 0 bridgehead atoms. The first kappa shape index (κ1) is 28.1. The summed E-state index contributed by atoms with van der Waals surface area (Å²) < 4.78 is 44.3. The Morgan fingerprint density at radius 3 is 2.32 bits per heavy atom. The van der Waals surface area contributed by atoms with Gasteiger partial charge < -0.3 is 9.47 Å². The summed E-state index contributed by atoms with van der Waals surface area (Å²) in [6, 6.07) is 15.1. The fraction of sp³-hybridized carbons (Fsp3) is 0.276. The van der Waals surface area contributed by atoms with Crippen LogP contribution < -0.4 is 14.6 Å². The Morgan fingerprint density at radius 1 is 1.02 bits per heavy atom. The number of fused-ring (bicyclic) bond motifs is 1. The van der Waals surface area contributed by atoms with Crippen LogP contribution in [0.1, 0.15) is 33.5 Å². The number of nitrogens with zero attached hydrogens (tertiary/aromatic N) is 4. The van der Waals surface area contributed by atoms with Gasteiger partial charge in [0.05, 0.1) is 34.4 Å². The van der Waals surface area contributed by atoms with Crippen LogP contribution in [0.2, 0.25) is 0 Å². The number of rotatable bonds is 7. The lowest BCUT2D eigenvalue weighted by Crippen LogP contribution is -2.36. The lowest BCUT2D eigenvalue weighted by atomic mass is 10.1. The van der Waals surface area contributed by atoms with Gasteiger partial charge in [-0.15, -0.1) is 0 Å². The maximum atomic E-state index is 14.6. The molecule has 41 heavy (non-hydrogen) atoms. The van der Waals surface area contributed by atoms with Crippen LogP contribution in [0.5, 0.6) is 5.75 Å². The minimum Gasteiger partial charge on any atom is -0.467 e. The van der Waals surface area contributed by atoms with Crippen LogP contribution in [0.3, 0.4) is 0 Å². The lowest BCUT2D eigenvalue weighted by molar-refractivity contribution is -0.385. The first-order valence-electron chi connectivity index (χ1n) is 12.9. The average Bonchev–Trinajstić information content (AvgIpc) is 3.13. The number of para-hydroxylation sites is 1. The molecule has 0 radical (unpaired) electrons. The van der Waals surface area contributed by atoms with Gasteiger partial charge in [-0.1, -0.05) is 35.9 Å². The van der Waals surface area contributed by atoms with Crippen molar-refractivity contribution >= 4 is 21.4 Å². The number of hydrogen-bond acceptors (Lipinski definition) is 7. The molecule has 0 saturated heterocycles. The number of anilines is 1. The average molecular weight is 579 g/mol. The van der Waals surface area contributed by atoms with E-state index in [9.17, 15) is 23.3 Å². The highest BCUT2D eigenvalue weighted by molar-refractivity contribution is 7.93. The summed E-state index contributed by atoms with van der Waals surface area (Å²) in [4.78, 5) is 25.4. The van der Waals surface area contributed by atoms with Crippen LogP contribution in [0.4, 0.5) is 11.4 Å². The second-order valence-corrected chi connectivity index (χ2v) is 11.9. The molecule has 1 aliphatic heterocycles. The predicted molar refractivity (Wildman–Crippen MR) is 153 cm³/mol. The highest BCUT2D eigenvalue weighted by Crippen LogP contribution is 2.37. The highest BCUT2D eigenvalue weighted by Gasteiger charge is 2.35. The van der Waals surface area contributed by atoms with Crippen molar-refractivity contribution in [1.29, 1.82) is 0 Å². The van der Waals surface area contributed by atoms with E-state index in [2.05, 4.69) is 0 Å². The zero-order valence-electron chi connectivity index (χ0n) is 23.4. The van der Waals surface area contributed by atoms with Crippen LogP contribution >= 0.6 is 0 Å². The fourth-order valence-electron chi connectivity index (χ4n) is 5.47. The summed E-state index contributed by atoms with van der Waals surface area (Å²) in [5.74, 6) is 0.302.